The molecule has 4 nitrogen and oxygen atoms in total. The first-order chi connectivity index (χ1) is 8.11. The number of nitrogens with one attached hydrogen (secondary N) is 1. The quantitative estimate of drug-likeness (QED) is 0.644. The van der Waals surface area contributed by atoms with E-state index in [9.17, 15) is 0 Å². The van der Waals surface area contributed by atoms with E-state index in [2.05, 4.69) is 20.4 Å². The molecule has 0 aliphatic rings. The highest BCUT2D eigenvalue weighted by atomic mass is 35.5. The Morgan fingerprint density at radius 1 is 1.12 bits per heavy atom. The summed E-state index contributed by atoms with van der Waals surface area (Å²) >= 11 is 17.1. The van der Waals surface area contributed by atoms with Crippen LogP contribution in [0.4, 0.5) is 0 Å². The molecule has 17 heavy (non-hydrogen) atoms. The topological polar surface area (TPSA) is 54.5 Å². The first kappa shape index (κ1) is 14.4. The van der Waals surface area contributed by atoms with Crippen molar-refractivity contribution in [1.29, 1.82) is 0 Å². The number of aromatic nitrogens is 4. The van der Waals surface area contributed by atoms with Crippen molar-refractivity contribution in [2.24, 2.45) is 0 Å². The van der Waals surface area contributed by atoms with Crippen LogP contribution in [-0.2, 0) is 0 Å². The predicted octanol–water partition coefficient (Wildman–Crippen LogP) is 3.64. The molecule has 0 saturated heterocycles. The molecule has 0 bridgehead atoms. The van der Waals surface area contributed by atoms with Gasteiger partial charge in [0.05, 0.1) is 0 Å². The van der Waals surface area contributed by atoms with Crippen molar-refractivity contribution in [3.63, 3.8) is 0 Å². The van der Waals surface area contributed by atoms with Crippen LogP contribution in [0.15, 0.2) is 29.3 Å². The molecule has 0 spiro atoms. The summed E-state index contributed by atoms with van der Waals surface area (Å²) in [5.74, 6) is 0. The van der Waals surface area contributed by atoms with E-state index in [1.165, 1.54) is 0 Å². The number of hydrogen-bond acceptors (Lipinski definition) is 5. The molecule has 0 atom stereocenters. The molecule has 0 aromatic carbocycles. The molecule has 2 heterocycles. The van der Waals surface area contributed by atoms with Gasteiger partial charge in [0.1, 0.15) is 14.8 Å². The summed E-state index contributed by atoms with van der Waals surface area (Å²) in [4.78, 5) is 0. The van der Waals surface area contributed by atoms with Crippen LogP contribution < -0.4 is 0 Å². The fourth-order valence-electron chi connectivity index (χ4n) is 0.740. The maximum absolute atomic E-state index is 5.49. The van der Waals surface area contributed by atoms with Gasteiger partial charge >= 0.3 is 0 Å². The number of nitrogens with zero attached hydrogens (tertiary/aromatic N) is 3. The highest BCUT2D eigenvalue weighted by molar-refractivity contribution is 7.98. The minimum absolute atomic E-state index is 0.429. The number of H-pyrrole nitrogens is 1. The zero-order chi connectivity index (χ0) is 12.7. The van der Waals surface area contributed by atoms with Gasteiger partial charge in [-0.25, -0.2) is 0 Å². The fourth-order valence-corrected chi connectivity index (χ4v) is 1.39. The Hall–Kier alpha value is -0.690. The number of halogens is 2. The average Bonchev–Trinajstić information content (AvgIpc) is 2.35. The molecule has 1 N–H and O–H groups in total. The minimum Gasteiger partial charge on any atom is -0.266 e. The Balaban J connectivity index is 0.000000171. The SMILES string of the molecule is CSc1ccc(Cl)nn1.S=c1ccc(Cl)n[nH]1. The fraction of sp³-hybridized carbons (Fsp3) is 0.111. The van der Waals surface area contributed by atoms with Crippen molar-refractivity contribution in [3.8, 4) is 0 Å². The summed E-state index contributed by atoms with van der Waals surface area (Å²) in [5, 5.41) is 15.3. The van der Waals surface area contributed by atoms with Gasteiger partial charge in [-0.05, 0) is 30.5 Å². The molecule has 0 saturated carbocycles. The van der Waals surface area contributed by atoms with Crippen LogP contribution in [0, 0.1) is 4.64 Å². The Bertz CT molecular complexity index is 495. The first-order valence-electron chi connectivity index (χ1n) is 4.36. The minimum atomic E-state index is 0.429. The lowest BCUT2D eigenvalue weighted by atomic mass is 10.6. The van der Waals surface area contributed by atoms with Crippen LogP contribution in [0.1, 0.15) is 0 Å². The summed E-state index contributed by atoms with van der Waals surface area (Å²) in [5.41, 5.74) is 0. The maximum atomic E-state index is 5.49. The summed E-state index contributed by atoms with van der Waals surface area (Å²) in [6.45, 7) is 0. The third-order valence-corrected chi connectivity index (χ3v) is 2.74. The predicted molar refractivity (Wildman–Crippen MR) is 73.3 cm³/mol. The van der Waals surface area contributed by atoms with Crippen molar-refractivity contribution in [2.45, 2.75) is 5.03 Å². The van der Waals surface area contributed by atoms with E-state index >= 15 is 0 Å². The van der Waals surface area contributed by atoms with Crippen LogP contribution in [0.2, 0.25) is 10.3 Å². The molecule has 0 aliphatic heterocycles. The van der Waals surface area contributed by atoms with Gasteiger partial charge in [-0.1, -0.05) is 35.4 Å². The van der Waals surface area contributed by atoms with Crippen molar-refractivity contribution >= 4 is 47.2 Å². The molecule has 2 aromatic rings. The molecule has 90 valence electrons. The van der Waals surface area contributed by atoms with E-state index in [4.69, 9.17) is 35.4 Å². The van der Waals surface area contributed by atoms with Crippen LogP contribution in [0.5, 0.6) is 0 Å². The monoisotopic (exact) mass is 306 g/mol. The summed E-state index contributed by atoms with van der Waals surface area (Å²) < 4.78 is 0.592. The molecular weight excluding hydrogens is 299 g/mol. The third kappa shape index (κ3) is 5.97. The third-order valence-electron chi connectivity index (χ3n) is 1.46. The lowest BCUT2D eigenvalue weighted by molar-refractivity contribution is 0.932. The van der Waals surface area contributed by atoms with Crippen LogP contribution in [0.3, 0.4) is 0 Å². The van der Waals surface area contributed by atoms with E-state index in [0.29, 0.717) is 14.9 Å². The van der Waals surface area contributed by atoms with Crippen molar-refractivity contribution in [3.05, 3.63) is 39.2 Å². The van der Waals surface area contributed by atoms with Gasteiger partial charge in [-0.15, -0.1) is 22.0 Å². The number of hydrogen-bond donors (Lipinski definition) is 1. The summed E-state index contributed by atoms with van der Waals surface area (Å²) in [6, 6.07) is 6.88. The largest absolute Gasteiger partial charge is 0.266 e. The van der Waals surface area contributed by atoms with E-state index in [1.54, 1.807) is 30.0 Å². The average molecular weight is 307 g/mol. The molecule has 8 heteroatoms. The summed E-state index contributed by atoms with van der Waals surface area (Å²) in [7, 11) is 0. The standard InChI is InChI=1S/C5H5ClN2S.C4H3ClN2S/c1-9-5-3-2-4(6)7-8-5;5-3-1-2-4(8)7-6-3/h2-3H,1H3;1-2H,(H,7,8). The zero-order valence-corrected chi connectivity index (χ0v) is 11.9. The molecular formula is C9H8Cl2N4S2. The van der Waals surface area contributed by atoms with Gasteiger partial charge < -0.3 is 0 Å². The second kappa shape index (κ2) is 7.60. The van der Waals surface area contributed by atoms with Gasteiger partial charge in [0.2, 0.25) is 0 Å². The van der Waals surface area contributed by atoms with Crippen molar-refractivity contribution in [1.82, 2.24) is 20.4 Å². The Labute approximate surface area is 118 Å². The lowest BCUT2D eigenvalue weighted by Crippen LogP contribution is -1.82. The smallest absolute Gasteiger partial charge is 0.151 e. The van der Waals surface area contributed by atoms with Crippen LogP contribution in [0.25, 0.3) is 0 Å². The lowest BCUT2D eigenvalue weighted by Gasteiger charge is -1.90. The first-order valence-corrected chi connectivity index (χ1v) is 6.75. The van der Waals surface area contributed by atoms with Gasteiger partial charge in [0, 0.05) is 0 Å². The molecule has 0 amide bonds. The molecule has 0 aliphatic carbocycles. The molecule has 0 unspecified atom stereocenters. The van der Waals surface area contributed by atoms with E-state index in [-0.39, 0.29) is 0 Å². The van der Waals surface area contributed by atoms with Gasteiger partial charge in [0.15, 0.2) is 5.15 Å². The second-order valence-electron chi connectivity index (χ2n) is 2.64. The normalized spacial score (nSPS) is 9.35. The molecule has 2 rings (SSSR count). The van der Waals surface area contributed by atoms with E-state index in [1.807, 2.05) is 12.3 Å². The summed E-state index contributed by atoms with van der Waals surface area (Å²) in [6.07, 6.45) is 1.94. The van der Waals surface area contributed by atoms with Crippen molar-refractivity contribution in [2.75, 3.05) is 6.26 Å². The number of aromatic amines is 1. The van der Waals surface area contributed by atoms with Crippen LogP contribution >= 0.6 is 47.2 Å². The highest BCUT2D eigenvalue weighted by Gasteiger charge is 1.90. The number of rotatable bonds is 1. The molecule has 0 fully saturated rings. The van der Waals surface area contributed by atoms with Gasteiger partial charge in [-0.3, -0.25) is 5.10 Å². The molecule has 2 aromatic heterocycles. The highest BCUT2D eigenvalue weighted by Crippen LogP contribution is 2.10. The Morgan fingerprint density at radius 2 is 1.82 bits per heavy atom. The van der Waals surface area contributed by atoms with E-state index < -0.39 is 0 Å². The Morgan fingerprint density at radius 3 is 2.24 bits per heavy atom. The van der Waals surface area contributed by atoms with E-state index in [0.717, 1.165) is 5.03 Å². The van der Waals surface area contributed by atoms with Crippen LogP contribution in [-0.4, -0.2) is 26.7 Å². The second-order valence-corrected chi connectivity index (χ2v) is 4.68. The van der Waals surface area contributed by atoms with Gasteiger partial charge in [0.25, 0.3) is 0 Å². The number of thioether (sulfide) groups is 1. The Kier molecular flexibility index (Phi) is 6.43. The van der Waals surface area contributed by atoms with Crippen molar-refractivity contribution < 1.29 is 0 Å². The zero-order valence-electron chi connectivity index (χ0n) is 8.72. The van der Waals surface area contributed by atoms with Gasteiger partial charge in [-0.2, -0.15) is 5.10 Å². The molecule has 0 radical (unpaired) electrons. The maximum Gasteiger partial charge on any atom is 0.151 e.